The molecule has 0 aromatic heterocycles. The van der Waals surface area contributed by atoms with Crippen molar-refractivity contribution in [1.29, 1.82) is 0 Å². The van der Waals surface area contributed by atoms with E-state index in [0.29, 0.717) is 6.61 Å². The van der Waals surface area contributed by atoms with Gasteiger partial charge >= 0.3 is 10.3 Å². The van der Waals surface area contributed by atoms with Crippen LogP contribution in [0.3, 0.4) is 0 Å². The van der Waals surface area contributed by atoms with Crippen molar-refractivity contribution in [1.82, 2.24) is 4.31 Å². The number of unbranched alkanes of at least 4 members (excludes halogenated alkanes) is 6. The normalized spacial score (nSPS) is 11.7. The highest BCUT2D eigenvalue weighted by molar-refractivity contribution is 7.84. The van der Waals surface area contributed by atoms with Crippen LogP contribution in [0.1, 0.15) is 51.9 Å². The summed E-state index contributed by atoms with van der Waals surface area (Å²) in [7, 11) is -0.854. The second-order valence-electron chi connectivity index (χ2n) is 5.76. The Labute approximate surface area is 140 Å². The first-order valence-corrected chi connectivity index (χ1v) is 9.67. The zero-order valence-electron chi connectivity index (χ0n) is 14.5. The Kier molecular flexibility index (Phi) is 9.02. The Hall–Kier alpha value is -1.27. The van der Waals surface area contributed by atoms with Crippen LogP contribution in [0.2, 0.25) is 0 Å². The standard InChI is InChI=1S/C17H29NO4S/c1-4-5-6-7-8-9-10-15-21-16-11-13-17(14-12-16)22-23(19,20)18(2)3/h11-14H,4-10,15H2,1-3H3. The molecule has 1 aromatic rings. The van der Waals surface area contributed by atoms with Crippen LogP contribution in [0, 0.1) is 0 Å². The van der Waals surface area contributed by atoms with E-state index in [0.717, 1.165) is 16.5 Å². The summed E-state index contributed by atoms with van der Waals surface area (Å²) in [6.07, 6.45) is 8.73. The zero-order chi connectivity index (χ0) is 17.1. The Morgan fingerprint density at radius 2 is 1.39 bits per heavy atom. The number of benzene rings is 1. The molecule has 0 atom stereocenters. The van der Waals surface area contributed by atoms with Gasteiger partial charge < -0.3 is 8.92 Å². The molecule has 5 nitrogen and oxygen atoms in total. The molecule has 6 heteroatoms. The van der Waals surface area contributed by atoms with Crippen LogP contribution in [0.15, 0.2) is 24.3 Å². The minimum absolute atomic E-state index is 0.280. The molecule has 0 N–H and O–H groups in total. The molecule has 0 saturated heterocycles. The molecule has 0 aliphatic carbocycles. The van der Waals surface area contributed by atoms with Crippen LogP contribution >= 0.6 is 0 Å². The van der Waals surface area contributed by atoms with Crippen molar-refractivity contribution in [2.45, 2.75) is 51.9 Å². The maximum absolute atomic E-state index is 11.6. The molecule has 1 aromatic carbocycles. The van der Waals surface area contributed by atoms with E-state index in [9.17, 15) is 8.42 Å². The maximum atomic E-state index is 11.6. The minimum Gasteiger partial charge on any atom is -0.494 e. The molecule has 0 saturated carbocycles. The van der Waals surface area contributed by atoms with Gasteiger partial charge in [0.05, 0.1) is 6.61 Å². The predicted octanol–water partition coefficient (Wildman–Crippen LogP) is 4.00. The van der Waals surface area contributed by atoms with Crippen LogP contribution in [-0.2, 0) is 10.3 Å². The van der Waals surface area contributed by atoms with Crippen LogP contribution in [-0.4, -0.2) is 33.4 Å². The van der Waals surface area contributed by atoms with Crippen LogP contribution in [0.4, 0.5) is 0 Å². The van der Waals surface area contributed by atoms with Gasteiger partial charge in [-0.3, -0.25) is 0 Å². The van der Waals surface area contributed by atoms with Gasteiger partial charge in [0.25, 0.3) is 0 Å². The van der Waals surface area contributed by atoms with Crippen molar-refractivity contribution in [3.8, 4) is 11.5 Å². The van der Waals surface area contributed by atoms with Crippen molar-refractivity contribution in [2.24, 2.45) is 0 Å². The molecule has 1 rings (SSSR count). The van der Waals surface area contributed by atoms with Gasteiger partial charge in [-0.1, -0.05) is 45.4 Å². The summed E-state index contributed by atoms with van der Waals surface area (Å²) in [5, 5.41) is 0. The van der Waals surface area contributed by atoms with Crippen molar-refractivity contribution >= 4 is 10.3 Å². The summed E-state index contributed by atoms with van der Waals surface area (Å²) in [5.74, 6) is 1.01. The third-order valence-corrected chi connectivity index (χ3v) is 4.79. The van der Waals surface area contributed by atoms with Crippen LogP contribution in [0.25, 0.3) is 0 Å². The van der Waals surface area contributed by atoms with Gasteiger partial charge in [0, 0.05) is 14.1 Å². The van der Waals surface area contributed by atoms with Crippen molar-refractivity contribution in [2.75, 3.05) is 20.7 Å². The van der Waals surface area contributed by atoms with E-state index in [2.05, 4.69) is 6.92 Å². The van der Waals surface area contributed by atoms with Crippen LogP contribution in [0.5, 0.6) is 11.5 Å². The molecule has 0 heterocycles. The molecule has 0 radical (unpaired) electrons. The van der Waals surface area contributed by atoms with E-state index in [1.165, 1.54) is 52.6 Å². The lowest BCUT2D eigenvalue weighted by atomic mass is 10.1. The van der Waals surface area contributed by atoms with Gasteiger partial charge in [0.15, 0.2) is 0 Å². The van der Waals surface area contributed by atoms with E-state index < -0.39 is 10.3 Å². The summed E-state index contributed by atoms with van der Waals surface area (Å²) >= 11 is 0. The monoisotopic (exact) mass is 343 g/mol. The topological polar surface area (TPSA) is 55.8 Å². The molecule has 0 bridgehead atoms. The molecule has 0 spiro atoms. The van der Waals surface area contributed by atoms with Gasteiger partial charge in [-0.05, 0) is 30.7 Å². The summed E-state index contributed by atoms with van der Waals surface area (Å²) in [4.78, 5) is 0. The quantitative estimate of drug-likeness (QED) is 0.538. The van der Waals surface area contributed by atoms with Crippen LogP contribution < -0.4 is 8.92 Å². The average molecular weight is 343 g/mol. The molecule has 0 fully saturated rings. The molecule has 0 amide bonds. The molecular weight excluding hydrogens is 314 g/mol. The summed E-state index contributed by atoms with van der Waals surface area (Å²) < 4.78 is 34.8. The molecule has 0 unspecified atom stereocenters. The number of ether oxygens (including phenoxy) is 1. The highest BCUT2D eigenvalue weighted by Gasteiger charge is 2.15. The van der Waals surface area contributed by atoms with Gasteiger partial charge in [0.1, 0.15) is 11.5 Å². The molecular formula is C17H29NO4S. The van der Waals surface area contributed by atoms with E-state index >= 15 is 0 Å². The zero-order valence-corrected chi connectivity index (χ0v) is 15.3. The fourth-order valence-electron chi connectivity index (χ4n) is 2.04. The SMILES string of the molecule is CCCCCCCCCOc1ccc(OS(=O)(=O)N(C)C)cc1. The first-order chi connectivity index (χ1) is 11.0. The third kappa shape index (κ3) is 8.23. The third-order valence-electron chi connectivity index (χ3n) is 3.49. The van der Waals surface area contributed by atoms with Gasteiger partial charge in [0.2, 0.25) is 0 Å². The van der Waals surface area contributed by atoms with E-state index in [1.807, 2.05) is 0 Å². The highest BCUT2D eigenvalue weighted by atomic mass is 32.2. The van der Waals surface area contributed by atoms with E-state index in [4.69, 9.17) is 8.92 Å². The molecule has 0 aliphatic rings. The largest absolute Gasteiger partial charge is 0.494 e. The Morgan fingerprint density at radius 1 is 0.870 bits per heavy atom. The minimum atomic E-state index is -3.71. The second kappa shape index (κ2) is 10.5. The smallest absolute Gasteiger partial charge is 0.384 e. The van der Waals surface area contributed by atoms with Gasteiger partial charge in [-0.15, -0.1) is 0 Å². The lowest BCUT2D eigenvalue weighted by molar-refractivity contribution is 0.304. The molecule has 23 heavy (non-hydrogen) atoms. The Morgan fingerprint density at radius 3 is 1.96 bits per heavy atom. The second-order valence-corrected chi connectivity index (χ2v) is 7.52. The first kappa shape index (κ1) is 19.8. The maximum Gasteiger partial charge on any atom is 0.384 e. The van der Waals surface area contributed by atoms with Crippen molar-refractivity contribution in [3.63, 3.8) is 0 Å². The summed E-state index contributed by atoms with van der Waals surface area (Å²) in [6, 6.07) is 6.64. The predicted molar refractivity (Wildman–Crippen MR) is 93.2 cm³/mol. The molecule has 0 aliphatic heterocycles. The number of nitrogens with zero attached hydrogens (tertiary/aromatic N) is 1. The Bertz CT molecular complexity index is 526. The van der Waals surface area contributed by atoms with E-state index in [1.54, 1.807) is 24.3 Å². The van der Waals surface area contributed by atoms with Gasteiger partial charge in [-0.25, -0.2) is 0 Å². The summed E-state index contributed by atoms with van der Waals surface area (Å²) in [6.45, 7) is 2.91. The lowest BCUT2D eigenvalue weighted by Crippen LogP contribution is -2.26. The summed E-state index contributed by atoms with van der Waals surface area (Å²) in [5.41, 5.74) is 0. The lowest BCUT2D eigenvalue weighted by Gasteiger charge is -2.12. The average Bonchev–Trinajstić information content (AvgIpc) is 2.51. The highest BCUT2D eigenvalue weighted by Crippen LogP contribution is 2.20. The Balaban J connectivity index is 2.24. The number of hydrogen-bond donors (Lipinski definition) is 0. The fourth-order valence-corrected chi connectivity index (χ4v) is 2.54. The number of rotatable bonds is 12. The first-order valence-electron chi connectivity index (χ1n) is 8.30. The van der Waals surface area contributed by atoms with Gasteiger partial charge in [-0.2, -0.15) is 12.7 Å². The fraction of sp³-hybridized carbons (Fsp3) is 0.647. The van der Waals surface area contributed by atoms with Crippen molar-refractivity contribution in [3.05, 3.63) is 24.3 Å². The molecule has 132 valence electrons. The van der Waals surface area contributed by atoms with E-state index in [-0.39, 0.29) is 5.75 Å². The number of hydrogen-bond acceptors (Lipinski definition) is 4. The van der Waals surface area contributed by atoms with Crippen molar-refractivity contribution < 1.29 is 17.3 Å².